The minimum absolute atomic E-state index is 0.0861. The molecule has 1 heterocycles. The van der Waals surface area contributed by atoms with Crippen molar-refractivity contribution in [1.29, 1.82) is 5.26 Å². The van der Waals surface area contributed by atoms with Crippen LogP contribution in [-0.4, -0.2) is 26.2 Å². The first-order valence-corrected chi connectivity index (χ1v) is 8.96. The van der Waals surface area contributed by atoms with Crippen LogP contribution in [0.1, 0.15) is 11.5 Å². The van der Waals surface area contributed by atoms with Gasteiger partial charge in [0.05, 0.1) is 43.0 Å². The van der Waals surface area contributed by atoms with E-state index in [9.17, 15) is 23.6 Å². The number of hydrogen-bond acceptors (Lipinski definition) is 7. The van der Waals surface area contributed by atoms with Crippen molar-refractivity contribution in [2.24, 2.45) is 5.73 Å². The first kappa shape index (κ1) is 21.5. The number of carbonyl (C=O) groups excluding carboxylic acids is 2. The zero-order valence-corrected chi connectivity index (χ0v) is 16.6. The van der Waals surface area contributed by atoms with E-state index in [0.717, 1.165) is 31.3 Å². The number of carbonyl (C=O) groups is 2. The number of benzene rings is 2. The van der Waals surface area contributed by atoms with Gasteiger partial charge in [-0.05, 0) is 18.2 Å². The van der Waals surface area contributed by atoms with Crippen molar-refractivity contribution in [1.82, 2.24) is 0 Å². The Morgan fingerprint density at radius 2 is 1.58 bits per heavy atom. The Morgan fingerprint density at radius 3 is 2.13 bits per heavy atom. The summed E-state index contributed by atoms with van der Waals surface area (Å²) in [5, 5.41) is 9.85. The second-order valence-corrected chi connectivity index (χ2v) is 6.40. The third kappa shape index (κ3) is 3.59. The van der Waals surface area contributed by atoms with Crippen LogP contribution >= 0.6 is 0 Å². The summed E-state index contributed by atoms with van der Waals surface area (Å²) >= 11 is 0. The van der Waals surface area contributed by atoms with E-state index in [2.05, 4.69) is 0 Å². The van der Waals surface area contributed by atoms with E-state index in [0.29, 0.717) is 0 Å². The highest BCUT2D eigenvalue weighted by molar-refractivity contribution is 6.06. The van der Waals surface area contributed by atoms with Crippen LogP contribution in [0, 0.1) is 23.0 Å². The highest BCUT2D eigenvalue weighted by atomic mass is 19.1. The molecule has 9 heteroatoms. The maximum atomic E-state index is 14.7. The van der Waals surface area contributed by atoms with E-state index < -0.39 is 40.8 Å². The standard InChI is InChI=1S/C22H17F2N3O4/c1-30-21(28)18-17(12-7-3-4-8-14(12)23)13(11-25)20(26)27(19(18)22(29)31-2)16-10-6-5-9-15(16)24/h3-10,17H,26H2,1-2H3. The number of ether oxygens (including phenoxy) is 2. The third-order valence-electron chi connectivity index (χ3n) is 4.79. The van der Waals surface area contributed by atoms with Crippen LogP contribution in [-0.2, 0) is 19.1 Å². The van der Waals surface area contributed by atoms with Crippen LogP contribution in [0.2, 0.25) is 0 Å². The second kappa shape index (κ2) is 8.67. The van der Waals surface area contributed by atoms with Gasteiger partial charge in [-0.15, -0.1) is 0 Å². The molecule has 7 nitrogen and oxygen atoms in total. The van der Waals surface area contributed by atoms with Gasteiger partial charge < -0.3 is 15.2 Å². The lowest BCUT2D eigenvalue weighted by Gasteiger charge is -2.36. The highest BCUT2D eigenvalue weighted by Crippen LogP contribution is 2.44. The van der Waals surface area contributed by atoms with E-state index in [1.165, 1.54) is 36.4 Å². The Morgan fingerprint density at radius 1 is 1.00 bits per heavy atom. The number of nitriles is 1. The first-order chi connectivity index (χ1) is 14.9. The quantitative estimate of drug-likeness (QED) is 0.751. The van der Waals surface area contributed by atoms with Crippen LogP contribution in [0.4, 0.5) is 14.5 Å². The normalized spacial score (nSPS) is 16.1. The lowest BCUT2D eigenvalue weighted by Crippen LogP contribution is -2.41. The second-order valence-electron chi connectivity index (χ2n) is 6.40. The summed E-state index contributed by atoms with van der Waals surface area (Å²) in [6, 6.07) is 12.6. The molecule has 31 heavy (non-hydrogen) atoms. The zero-order valence-electron chi connectivity index (χ0n) is 16.6. The lowest BCUT2D eigenvalue weighted by molar-refractivity contribution is -0.139. The fourth-order valence-corrected chi connectivity index (χ4v) is 3.44. The summed E-state index contributed by atoms with van der Waals surface area (Å²) < 4.78 is 39.0. The maximum absolute atomic E-state index is 14.7. The van der Waals surface area contributed by atoms with Crippen molar-refractivity contribution < 1.29 is 27.8 Å². The molecule has 0 radical (unpaired) electrons. The molecule has 158 valence electrons. The van der Waals surface area contributed by atoms with Gasteiger partial charge in [-0.2, -0.15) is 5.26 Å². The van der Waals surface area contributed by atoms with E-state index in [1.807, 2.05) is 6.07 Å². The molecule has 2 N–H and O–H groups in total. The van der Waals surface area contributed by atoms with Crippen molar-refractivity contribution >= 4 is 17.6 Å². The summed E-state index contributed by atoms with van der Waals surface area (Å²) in [5.41, 5.74) is 4.75. The molecule has 1 unspecified atom stereocenters. The van der Waals surface area contributed by atoms with Crippen LogP contribution in [0.5, 0.6) is 0 Å². The van der Waals surface area contributed by atoms with E-state index in [4.69, 9.17) is 15.2 Å². The monoisotopic (exact) mass is 425 g/mol. The summed E-state index contributed by atoms with van der Waals surface area (Å²) in [6.07, 6.45) is 0. The first-order valence-electron chi connectivity index (χ1n) is 8.96. The van der Waals surface area contributed by atoms with Gasteiger partial charge in [-0.25, -0.2) is 18.4 Å². The molecule has 2 aromatic carbocycles. The van der Waals surface area contributed by atoms with E-state index >= 15 is 0 Å². The molecule has 1 aliphatic rings. The van der Waals surface area contributed by atoms with Gasteiger partial charge in [0.15, 0.2) is 0 Å². The Balaban J connectivity index is 2.46. The summed E-state index contributed by atoms with van der Waals surface area (Å²) in [4.78, 5) is 26.5. The van der Waals surface area contributed by atoms with Gasteiger partial charge in [-0.1, -0.05) is 30.3 Å². The molecule has 0 aromatic heterocycles. The fourth-order valence-electron chi connectivity index (χ4n) is 3.44. The smallest absolute Gasteiger partial charge is 0.355 e. The molecular formula is C22H17F2N3O4. The van der Waals surface area contributed by atoms with E-state index in [-0.39, 0.29) is 22.6 Å². The zero-order chi connectivity index (χ0) is 22.7. The number of rotatable bonds is 4. The van der Waals surface area contributed by atoms with Crippen LogP contribution in [0.3, 0.4) is 0 Å². The van der Waals surface area contributed by atoms with Crippen LogP contribution < -0.4 is 10.6 Å². The third-order valence-corrected chi connectivity index (χ3v) is 4.79. The Bertz CT molecular complexity index is 1170. The molecule has 0 bridgehead atoms. The molecule has 3 rings (SSSR count). The lowest BCUT2D eigenvalue weighted by atomic mass is 9.80. The largest absolute Gasteiger partial charge is 0.466 e. The fraction of sp³-hybridized carbons (Fsp3) is 0.136. The molecule has 0 saturated carbocycles. The molecule has 0 fully saturated rings. The number of nitrogens with zero attached hydrogens (tertiary/aromatic N) is 2. The number of hydrogen-bond donors (Lipinski definition) is 1. The Hall–Kier alpha value is -4.19. The van der Waals surface area contributed by atoms with Gasteiger partial charge in [0, 0.05) is 5.56 Å². The van der Waals surface area contributed by atoms with Gasteiger partial charge in [-0.3, -0.25) is 4.90 Å². The maximum Gasteiger partial charge on any atom is 0.355 e. The van der Waals surface area contributed by atoms with Gasteiger partial charge in [0.25, 0.3) is 0 Å². The Labute approximate surface area is 176 Å². The summed E-state index contributed by atoms with van der Waals surface area (Å²) in [6.45, 7) is 0. The van der Waals surface area contributed by atoms with Crippen molar-refractivity contribution in [2.45, 2.75) is 5.92 Å². The van der Waals surface area contributed by atoms with E-state index in [1.54, 1.807) is 0 Å². The topological polar surface area (TPSA) is 106 Å². The van der Waals surface area contributed by atoms with Gasteiger partial charge >= 0.3 is 11.9 Å². The number of allylic oxidation sites excluding steroid dienone is 1. The molecule has 2 aromatic rings. The number of anilines is 1. The van der Waals surface area contributed by atoms with Crippen molar-refractivity contribution in [2.75, 3.05) is 19.1 Å². The number of nitrogens with two attached hydrogens (primary N) is 1. The molecule has 0 saturated heterocycles. The number of esters is 2. The molecular weight excluding hydrogens is 408 g/mol. The number of methoxy groups -OCH3 is 2. The predicted octanol–water partition coefficient (Wildman–Crippen LogP) is 2.86. The minimum atomic E-state index is -1.38. The molecule has 1 atom stereocenters. The SMILES string of the molecule is COC(=O)C1=C(C(=O)OC)N(c2ccccc2F)C(N)=C(C#N)C1c1ccccc1F. The van der Waals surface area contributed by atoms with Crippen molar-refractivity contribution in [3.63, 3.8) is 0 Å². The molecule has 1 aliphatic heterocycles. The van der Waals surface area contributed by atoms with Gasteiger partial charge in [0.2, 0.25) is 0 Å². The minimum Gasteiger partial charge on any atom is -0.466 e. The summed E-state index contributed by atoms with van der Waals surface area (Å²) in [5.74, 6) is -5.33. The van der Waals surface area contributed by atoms with Crippen LogP contribution in [0.15, 0.2) is 71.2 Å². The predicted molar refractivity (Wildman–Crippen MR) is 106 cm³/mol. The van der Waals surface area contributed by atoms with Crippen molar-refractivity contribution in [3.05, 3.63) is 88.4 Å². The highest BCUT2D eigenvalue weighted by Gasteiger charge is 2.44. The summed E-state index contributed by atoms with van der Waals surface area (Å²) in [7, 11) is 2.12. The molecule has 0 amide bonds. The average Bonchev–Trinajstić information content (AvgIpc) is 2.78. The number of para-hydroxylation sites is 1. The van der Waals surface area contributed by atoms with Crippen LogP contribution in [0.25, 0.3) is 0 Å². The Kier molecular flexibility index (Phi) is 6.02. The number of halogens is 2. The van der Waals surface area contributed by atoms with Crippen molar-refractivity contribution in [3.8, 4) is 6.07 Å². The molecule has 0 aliphatic carbocycles. The average molecular weight is 425 g/mol. The van der Waals surface area contributed by atoms with Gasteiger partial charge in [0.1, 0.15) is 23.2 Å². The molecule has 0 spiro atoms.